The molecule has 2 nitrogen and oxygen atoms in total. The van der Waals surface area contributed by atoms with Gasteiger partial charge in [0.15, 0.2) is 0 Å². The van der Waals surface area contributed by atoms with Crippen LogP contribution in [0.2, 0.25) is 0 Å². The normalized spacial score (nSPS) is 35.4. The molecule has 0 spiro atoms. The first-order valence-electron chi connectivity index (χ1n) is 6.56. The monoisotopic (exact) mass is 243 g/mol. The Hall–Kier alpha value is 0.270. The van der Waals surface area contributed by atoms with E-state index in [1.54, 1.807) is 0 Å². The van der Waals surface area contributed by atoms with Crippen LogP contribution in [0.15, 0.2) is 0 Å². The van der Waals surface area contributed by atoms with Crippen LogP contribution in [0.4, 0.5) is 0 Å². The summed E-state index contributed by atoms with van der Waals surface area (Å²) in [5, 5.41) is 13.7. The summed E-state index contributed by atoms with van der Waals surface area (Å²) in [5.41, 5.74) is 0.167. The lowest BCUT2D eigenvalue weighted by Gasteiger charge is -2.51. The number of aliphatic hydroxyl groups is 1. The van der Waals surface area contributed by atoms with Gasteiger partial charge in [0.1, 0.15) is 0 Å². The Morgan fingerprint density at radius 2 is 2.00 bits per heavy atom. The van der Waals surface area contributed by atoms with Crippen LogP contribution in [0.5, 0.6) is 0 Å². The topological polar surface area (TPSA) is 32.3 Å². The molecular formula is C13H25NOS. The van der Waals surface area contributed by atoms with Gasteiger partial charge in [-0.3, -0.25) is 0 Å². The van der Waals surface area contributed by atoms with Crippen LogP contribution in [0.25, 0.3) is 0 Å². The average molecular weight is 243 g/mol. The average Bonchev–Trinajstić information content (AvgIpc) is 2.74. The Morgan fingerprint density at radius 3 is 2.56 bits per heavy atom. The molecule has 1 atom stereocenters. The van der Waals surface area contributed by atoms with Crippen molar-refractivity contribution >= 4 is 11.8 Å². The molecule has 0 aromatic carbocycles. The summed E-state index contributed by atoms with van der Waals surface area (Å²) in [4.78, 5) is 0. The van der Waals surface area contributed by atoms with E-state index in [9.17, 15) is 5.11 Å². The van der Waals surface area contributed by atoms with Crippen LogP contribution in [0.3, 0.4) is 0 Å². The Kier molecular flexibility index (Phi) is 3.87. The highest BCUT2D eigenvalue weighted by molar-refractivity contribution is 7.99. The van der Waals surface area contributed by atoms with Crippen molar-refractivity contribution in [2.75, 3.05) is 18.1 Å². The van der Waals surface area contributed by atoms with Crippen molar-refractivity contribution in [3.63, 3.8) is 0 Å². The van der Waals surface area contributed by atoms with E-state index in [0.717, 1.165) is 5.75 Å². The quantitative estimate of drug-likeness (QED) is 0.798. The van der Waals surface area contributed by atoms with Gasteiger partial charge in [-0.15, -0.1) is 0 Å². The fourth-order valence-electron chi connectivity index (χ4n) is 3.01. The standard InChI is InChI=1S/C13H25NOS/c1-12(2)7-8-16-10-13(12,9-15)14-11-5-3-4-6-11/h11,14-15H,3-10H2,1-2H3. The Bertz CT molecular complexity index is 238. The zero-order valence-electron chi connectivity index (χ0n) is 10.6. The van der Waals surface area contributed by atoms with E-state index in [0.29, 0.717) is 6.04 Å². The highest BCUT2D eigenvalue weighted by atomic mass is 32.2. The van der Waals surface area contributed by atoms with Crippen LogP contribution < -0.4 is 5.32 Å². The Labute approximate surface area is 104 Å². The summed E-state index contributed by atoms with van der Waals surface area (Å²) in [6, 6.07) is 0.644. The predicted octanol–water partition coefficient (Wildman–Crippen LogP) is 2.41. The molecular weight excluding hydrogens is 218 g/mol. The van der Waals surface area contributed by atoms with Gasteiger partial charge in [-0.25, -0.2) is 0 Å². The molecule has 1 saturated heterocycles. The fourth-order valence-corrected chi connectivity index (χ4v) is 4.72. The SMILES string of the molecule is CC1(C)CCSCC1(CO)NC1CCCC1. The van der Waals surface area contributed by atoms with Crippen LogP contribution >= 0.6 is 11.8 Å². The zero-order chi connectivity index (χ0) is 11.6. The molecule has 1 saturated carbocycles. The number of hydrogen-bond acceptors (Lipinski definition) is 3. The van der Waals surface area contributed by atoms with E-state index in [4.69, 9.17) is 0 Å². The third-order valence-electron chi connectivity index (χ3n) is 4.62. The number of hydrogen-bond donors (Lipinski definition) is 2. The molecule has 1 heterocycles. The first-order chi connectivity index (χ1) is 7.60. The minimum Gasteiger partial charge on any atom is -0.394 e. The molecule has 2 rings (SSSR count). The number of nitrogens with one attached hydrogen (secondary N) is 1. The third-order valence-corrected chi connectivity index (χ3v) is 5.81. The molecule has 2 aliphatic rings. The van der Waals surface area contributed by atoms with Crippen molar-refractivity contribution in [1.82, 2.24) is 5.32 Å². The summed E-state index contributed by atoms with van der Waals surface area (Å²) in [5.74, 6) is 2.30. The van der Waals surface area contributed by atoms with E-state index in [-0.39, 0.29) is 17.6 Å². The van der Waals surface area contributed by atoms with Gasteiger partial charge < -0.3 is 10.4 Å². The zero-order valence-corrected chi connectivity index (χ0v) is 11.4. The molecule has 0 aromatic heterocycles. The van der Waals surface area contributed by atoms with Gasteiger partial charge in [-0.2, -0.15) is 11.8 Å². The summed E-state index contributed by atoms with van der Waals surface area (Å²) in [6.07, 6.45) is 6.50. The molecule has 94 valence electrons. The van der Waals surface area contributed by atoms with Gasteiger partial charge in [0.25, 0.3) is 0 Å². The summed E-state index contributed by atoms with van der Waals surface area (Å²) >= 11 is 1.99. The van der Waals surface area contributed by atoms with Crippen LogP contribution in [-0.4, -0.2) is 34.8 Å². The summed E-state index contributed by atoms with van der Waals surface area (Å²) < 4.78 is 0. The van der Waals surface area contributed by atoms with Crippen molar-refractivity contribution in [3.05, 3.63) is 0 Å². The molecule has 2 N–H and O–H groups in total. The molecule has 3 heteroatoms. The molecule has 16 heavy (non-hydrogen) atoms. The second-order valence-electron chi connectivity index (χ2n) is 6.05. The third kappa shape index (κ3) is 2.27. The van der Waals surface area contributed by atoms with E-state index in [2.05, 4.69) is 19.2 Å². The molecule has 1 aliphatic carbocycles. The largest absolute Gasteiger partial charge is 0.394 e. The van der Waals surface area contributed by atoms with Gasteiger partial charge in [0.05, 0.1) is 12.1 Å². The number of aliphatic hydroxyl groups excluding tert-OH is 1. The van der Waals surface area contributed by atoms with E-state index in [1.807, 2.05) is 11.8 Å². The van der Waals surface area contributed by atoms with Crippen molar-refractivity contribution < 1.29 is 5.11 Å². The van der Waals surface area contributed by atoms with Gasteiger partial charge in [0.2, 0.25) is 0 Å². The lowest BCUT2D eigenvalue weighted by molar-refractivity contribution is 0.0505. The van der Waals surface area contributed by atoms with Crippen molar-refractivity contribution in [2.45, 2.75) is 57.5 Å². The lowest BCUT2D eigenvalue weighted by atomic mass is 9.71. The molecule has 1 aliphatic heterocycles. The van der Waals surface area contributed by atoms with Gasteiger partial charge >= 0.3 is 0 Å². The smallest absolute Gasteiger partial charge is 0.0626 e. The number of rotatable bonds is 3. The van der Waals surface area contributed by atoms with Gasteiger partial charge in [-0.05, 0) is 30.4 Å². The Morgan fingerprint density at radius 1 is 1.31 bits per heavy atom. The number of thioether (sulfide) groups is 1. The minimum atomic E-state index is -0.0507. The van der Waals surface area contributed by atoms with Crippen LogP contribution in [0, 0.1) is 5.41 Å². The summed E-state index contributed by atoms with van der Waals surface area (Å²) in [6.45, 7) is 4.90. The van der Waals surface area contributed by atoms with Crippen LogP contribution in [0.1, 0.15) is 46.0 Å². The van der Waals surface area contributed by atoms with E-state index < -0.39 is 0 Å². The Balaban J connectivity index is 2.09. The molecule has 2 fully saturated rings. The maximum Gasteiger partial charge on any atom is 0.0626 e. The summed E-state index contributed by atoms with van der Waals surface area (Å²) in [7, 11) is 0. The first-order valence-corrected chi connectivity index (χ1v) is 7.71. The molecule has 0 bridgehead atoms. The van der Waals surface area contributed by atoms with Crippen molar-refractivity contribution in [1.29, 1.82) is 0 Å². The van der Waals surface area contributed by atoms with E-state index >= 15 is 0 Å². The second-order valence-corrected chi connectivity index (χ2v) is 7.16. The van der Waals surface area contributed by atoms with Gasteiger partial charge in [-0.1, -0.05) is 26.7 Å². The molecule has 0 aromatic rings. The predicted molar refractivity (Wildman–Crippen MR) is 70.9 cm³/mol. The molecule has 0 amide bonds. The molecule has 0 radical (unpaired) electrons. The van der Waals surface area contributed by atoms with E-state index in [1.165, 1.54) is 37.9 Å². The van der Waals surface area contributed by atoms with Crippen molar-refractivity contribution in [3.8, 4) is 0 Å². The second kappa shape index (κ2) is 4.87. The maximum absolute atomic E-state index is 9.86. The van der Waals surface area contributed by atoms with Crippen LogP contribution in [-0.2, 0) is 0 Å². The fraction of sp³-hybridized carbons (Fsp3) is 1.00. The highest BCUT2D eigenvalue weighted by Gasteiger charge is 2.47. The maximum atomic E-state index is 9.86. The first kappa shape index (κ1) is 12.7. The molecule has 1 unspecified atom stereocenters. The highest BCUT2D eigenvalue weighted by Crippen LogP contribution is 2.43. The lowest BCUT2D eigenvalue weighted by Crippen LogP contribution is -2.64. The minimum absolute atomic E-state index is 0.0507. The van der Waals surface area contributed by atoms with Crippen molar-refractivity contribution in [2.24, 2.45) is 5.41 Å². The van der Waals surface area contributed by atoms with Gasteiger partial charge in [0, 0.05) is 11.8 Å².